The first kappa shape index (κ1) is 15.6. The van der Waals surface area contributed by atoms with Crippen LogP contribution in [0.15, 0.2) is 12.3 Å². The number of aromatic nitrogens is 4. The molecule has 0 bridgehead atoms. The zero-order chi connectivity index (χ0) is 13.1. The molecular weight excluding hydrogens is 262 g/mol. The molecule has 19 heavy (non-hydrogen) atoms. The predicted octanol–water partition coefficient (Wildman–Crippen LogP) is 2.68. The quantitative estimate of drug-likeness (QED) is 0.918. The van der Waals surface area contributed by atoms with Crippen LogP contribution in [0.25, 0.3) is 0 Å². The third-order valence-corrected chi connectivity index (χ3v) is 2.87. The second-order valence-electron chi connectivity index (χ2n) is 4.69. The topological polar surface area (TPSA) is 47.7 Å². The zero-order valence-electron chi connectivity index (χ0n) is 12.0. The van der Waals surface area contributed by atoms with Crippen molar-refractivity contribution in [1.82, 2.24) is 19.6 Å². The summed E-state index contributed by atoms with van der Waals surface area (Å²) in [7, 11) is 1.93. The lowest BCUT2D eigenvalue weighted by atomic mass is 10.3. The molecule has 0 fully saturated rings. The Bertz CT molecular complexity index is 529. The molecule has 0 radical (unpaired) electrons. The molecular formula is C13H22ClN5. The van der Waals surface area contributed by atoms with Crippen LogP contribution >= 0.6 is 12.4 Å². The van der Waals surface area contributed by atoms with E-state index >= 15 is 0 Å². The Balaban J connectivity index is 0.00000180. The van der Waals surface area contributed by atoms with Gasteiger partial charge >= 0.3 is 0 Å². The molecule has 0 amide bonds. The Morgan fingerprint density at radius 1 is 1.26 bits per heavy atom. The summed E-state index contributed by atoms with van der Waals surface area (Å²) in [5, 5.41) is 12.2. The Morgan fingerprint density at radius 3 is 2.58 bits per heavy atom. The first-order valence-corrected chi connectivity index (χ1v) is 6.37. The van der Waals surface area contributed by atoms with Gasteiger partial charge in [-0.15, -0.1) is 12.4 Å². The van der Waals surface area contributed by atoms with Crippen LogP contribution in [-0.2, 0) is 20.1 Å². The van der Waals surface area contributed by atoms with E-state index < -0.39 is 0 Å². The van der Waals surface area contributed by atoms with Gasteiger partial charge in [0.15, 0.2) is 5.82 Å². The molecule has 1 N–H and O–H groups in total. The summed E-state index contributed by atoms with van der Waals surface area (Å²) in [5.41, 5.74) is 3.44. The SMILES string of the molecule is CCCn1nc(C)cc1CNc1nn(C)cc1C.Cl. The first-order chi connectivity index (χ1) is 8.60. The number of anilines is 1. The van der Waals surface area contributed by atoms with Gasteiger partial charge in [-0.05, 0) is 26.3 Å². The Hall–Kier alpha value is -1.49. The average Bonchev–Trinajstić information content (AvgIpc) is 2.80. The highest BCUT2D eigenvalue weighted by molar-refractivity contribution is 5.85. The van der Waals surface area contributed by atoms with E-state index in [0.717, 1.165) is 36.6 Å². The number of hydrogen-bond acceptors (Lipinski definition) is 3. The van der Waals surface area contributed by atoms with Gasteiger partial charge in [-0.3, -0.25) is 9.36 Å². The van der Waals surface area contributed by atoms with E-state index in [0.29, 0.717) is 0 Å². The molecule has 0 saturated heterocycles. The second kappa shape index (κ2) is 6.61. The highest BCUT2D eigenvalue weighted by Crippen LogP contribution is 2.13. The van der Waals surface area contributed by atoms with Crippen molar-refractivity contribution in [1.29, 1.82) is 0 Å². The molecule has 2 aromatic heterocycles. The van der Waals surface area contributed by atoms with Crippen LogP contribution in [0.3, 0.4) is 0 Å². The lowest BCUT2D eigenvalue weighted by molar-refractivity contribution is 0.574. The molecule has 0 aliphatic carbocycles. The van der Waals surface area contributed by atoms with Crippen LogP contribution in [0.4, 0.5) is 5.82 Å². The summed E-state index contributed by atoms with van der Waals surface area (Å²) >= 11 is 0. The van der Waals surface area contributed by atoms with Crippen molar-refractivity contribution in [3.63, 3.8) is 0 Å². The molecule has 106 valence electrons. The average molecular weight is 284 g/mol. The van der Waals surface area contributed by atoms with E-state index in [-0.39, 0.29) is 12.4 Å². The van der Waals surface area contributed by atoms with E-state index in [9.17, 15) is 0 Å². The van der Waals surface area contributed by atoms with Crippen LogP contribution in [0.2, 0.25) is 0 Å². The fourth-order valence-corrected chi connectivity index (χ4v) is 2.10. The summed E-state index contributed by atoms with van der Waals surface area (Å²) in [6.45, 7) is 7.98. The number of hydrogen-bond donors (Lipinski definition) is 1. The molecule has 0 atom stereocenters. The molecule has 0 aliphatic heterocycles. The molecule has 2 rings (SSSR count). The summed E-state index contributed by atoms with van der Waals surface area (Å²) in [6, 6.07) is 2.13. The minimum atomic E-state index is 0. The van der Waals surface area contributed by atoms with Gasteiger partial charge < -0.3 is 5.32 Å². The van der Waals surface area contributed by atoms with Crippen LogP contribution in [0, 0.1) is 13.8 Å². The van der Waals surface area contributed by atoms with E-state index in [1.54, 1.807) is 0 Å². The van der Waals surface area contributed by atoms with Gasteiger partial charge in [-0.2, -0.15) is 10.2 Å². The van der Waals surface area contributed by atoms with Crippen molar-refractivity contribution in [2.24, 2.45) is 7.05 Å². The molecule has 2 aromatic rings. The summed E-state index contributed by atoms with van der Waals surface area (Å²) < 4.78 is 3.90. The summed E-state index contributed by atoms with van der Waals surface area (Å²) in [6.07, 6.45) is 3.10. The third kappa shape index (κ3) is 3.73. The predicted molar refractivity (Wildman–Crippen MR) is 79.8 cm³/mol. The van der Waals surface area contributed by atoms with Gasteiger partial charge in [-0.25, -0.2) is 0 Å². The maximum Gasteiger partial charge on any atom is 0.151 e. The van der Waals surface area contributed by atoms with Crippen molar-refractivity contribution in [2.75, 3.05) is 5.32 Å². The molecule has 0 saturated carbocycles. The second-order valence-corrected chi connectivity index (χ2v) is 4.69. The zero-order valence-corrected chi connectivity index (χ0v) is 12.8. The Labute approximate surface area is 120 Å². The van der Waals surface area contributed by atoms with Gasteiger partial charge in [0.1, 0.15) is 0 Å². The van der Waals surface area contributed by atoms with Gasteiger partial charge in [-0.1, -0.05) is 6.92 Å². The monoisotopic (exact) mass is 283 g/mol. The smallest absolute Gasteiger partial charge is 0.151 e. The largest absolute Gasteiger partial charge is 0.363 e. The van der Waals surface area contributed by atoms with E-state index in [1.807, 2.05) is 24.9 Å². The Morgan fingerprint density at radius 2 is 2.00 bits per heavy atom. The van der Waals surface area contributed by atoms with Crippen LogP contribution < -0.4 is 5.32 Å². The minimum absolute atomic E-state index is 0. The number of rotatable bonds is 5. The molecule has 5 nitrogen and oxygen atoms in total. The highest BCUT2D eigenvalue weighted by atomic mass is 35.5. The molecule has 6 heteroatoms. The fraction of sp³-hybridized carbons (Fsp3) is 0.538. The maximum atomic E-state index is 4.49. The van der Waals surface area contributed by atoms with E-state index in [2.05, 4.69) is 40.1 Å². The standard InChI is InChI=1S/C13H21N5.ClH/c1-5-6-18-12(7-11(3)15-18)8-14-13-10(2)9-17(4)16-13;/h7,9H,5-6,8H2,1-4H3,(H,14,16);1H. The van der Waals surface area contributed by atoms with Gasteiger partial charge in [0.05, 0.1) is 17.9 Å². The lowest BCUT2D eigenvalue weighted by Crippen LogP contribution is -2.09. The van der Waals surface area contributed by atoms with Crippen molar-refractivity contribution < 1.29 is 0 Å². The molecule has 0 aliphatic rings. The van der Waals surface area contributed by atoms with E-state index in [1.165, 1.54) is 5.69 Å². The number of nitrogens with zero attached hydrogens (tertiary/aromatic N) is 4. The number of nitrogens with one attached hydrogen (secondary N) is 1. The van der Waals surface area contributed by atoms with Gasteiger partial charge in [0, 0.05) is 25.4 Å². The fourth-order valence-electron chi connectivity index (χ4n) is 2.10. The van der Waals surface area contributed by atoms with Crippen LogP contribution in [0.1, 0.15) is 30.3 Å². The molecule has 2 heterocycles. The minimum Gasteiger partial charge on any atom is -0.363 e. The molecule has 0 aromatic carbocycles. The first-order valence-electron chi connectivity index (χ1n) is 6.37. The highest BCUT2D eigenvalue weighted by Gasteiger charge is 2.07. The Kier molecular flexibility index (Phi) is 5.42. The maximum absolute atomic E-state index is 4.49. The van der Waals surface area contributed by atoms with Crippen molar-refractivity contribution in [3.8, 4) is 0 Å². The third-order valence-electron chi connectivity index (χ3n) is 2.87. The van der Waals surface area contributed by atoms with E-state index in [4.69, 9.17) is 0 Å². The molecule has 0 unspecified atom stereocenters. The van der Waals surface area contributed by atoms with Gasteiger partial charge in [0.25, 0.3) is 0 Å². The van der Waals surface area contributed by atoms with Crippen molar-refractivity contribution in [2.45, 2.75) is 40.3 Å². The van der Waals surface area contributed by atoms with Gasteiger partial charge in [0.2, 0.25) is 0 Å². The van der Waals surface area contributed by atoms with Crippen LogP contribution in [-0.4, -0.2) is 19.6 Å². The van der Waals surface area contributed by atoms with Crippen molar-refractivity contribution in [3.05, 3.63) is 29.2 Å². The number of aryl methyl sites for hydroxylation is 4. The van der Waals surface area contributed by atoms with Crippen LogP contribution in [0.5, 0.6) is 0 Å². The summed E-state index contributed by atoms with van der Waals surface area (Å²) in [5.74, 6) is 0.944. The lowest BCUT2D eigenvalue weighted by Gasteiger charge is -2.07. The summed E-state index contributed by atoms with van der Waals surface area (Å²) in [4.78, 5) is 0. The number of halogens is 1. The normalized spacial score (nSPS) is 10.3. The van der Waals surface area contributed by atoms with Crippen molar-refractivity contribution >= 4 is 18.2 Å². The molecule has 0 spiro atoms.